The summed E-state index contributed by atoms with van der Waals surface area (Å²) in [5.74, 6) is 2.79. The lowest BCUT2D eigenvalue weighted by molar-refractivity contribution is -0.129. The Morgan fingerprint density at radius 2 is 1.90 bits per heavy atom. The highest BCUT2D eigenvalue weighted by molar-refractivity contribution is 7.99. The summed E-state index contributed by atoms with van der Waals surface area (Å²) in [6.45, 7) is 1.90. The summed E-state index contributed by atoms with van der Waals surface area (Å²) in [5, 5.41) is 9.34. The van der Waals surface area contributed by atoms with Gasteiger partial charge in [0.1, 0.15) is 13.2 Å². The molecule has 1 saturated heterocycles. The van der Waals surface area contributed by atoms with E-state index in [0.29, 0.717) is 19.0 Å². The number of fused-ring (bicyclic) bond motifs is 1. The van der Waals surface area contributed by atoms with Gasteiger partial charge in [0, 0.05) is 19.2 Å². The lowest BCUT2D eigenvalue weighted by atomic mass is 10.0. The van der Waals surface area contributed by atoms with E-state index in [1.54, 1.807) is 0 Å². The molecular formula is C23H24N4O3S. The van der Waals surface area contributed by atoms with Crippen molar-refractivity contribution in [2.45, 2.75) is 24.0 Å². The fourth-order valence-corrected chi connectivity index (χ4v) is 4.96. The van der Waals surface area contributed by atoms with E-state index in [4.69, 9.17) is 9.47 Å². The molecule has 5 rings (SSSR count). The second-order valence-corrected chi connectivity index (χ2v) is 8.61. The Balaban J connectivity index is 1.27. The van der Waals surface area contributed by atoms with Crippen LogP contribution in [0.5, 0.6) is 11.5 Å². The predicted octanol–water partition coefficient (Wildman–Crippen LogP) is 3.71. The summed E-state index contributed by atoms with van der Waals surface area (Å²) in [5.41, 5.74) is 2.11. The number of ether oxygens (including phenoxy) is 2. The van der Waals surface area contributed by atoms with Crippen LogP contribution in [0.15, 0.2) is 53.7 Å². The lowest BCUT2D eigenvalue weighted by Crippen LogP contribution is -2.32. The third kappa shape index (κ3) is 3.99. The van der Waals surface area contributed by atoms with Gasteiger partial charge in [0.2, 0.25) is 5.91 Å². The minimum Gasteiger partial charge on any atom is -0.486 e. The normalized spacial score (nSPS) is 17.7. The highest BCUT2D eigenvalue weighted by Crippen LogP contribution is 2.38. The first kappa shape index (κ1) is 19.9. The zero-order chi connectivity index (χ0) is 21.2. The molecule has 2 aliphatic rings. The number of aromatic nitrogens is 3. The fraction of sp³-hybridized carbons (Fsp3) is 0.348. The van der Waals surface area contributed by atoms with E-state index in [9.17, 15) is 4.79 Å². The number of thioether (sulfide) groups is 1. The van der Waals surface area contributed by atoms with Crippen molar-refractivity contribution >= 4 is 17.7 Å². The molecule has 0 unspecified atom stereocenters. The number of likely N-dealkylation sites (tertiary alicyclic amines) is 1. The molecule has 2 aliphatic heterocycles. The van der Waals surface area contributed by atoms with Gasteiger partial charge < -0.3 is 18.9 Å². The van der Waals surface area contributed by atoms with Crippen LogP contribution >= 0.6 is 11.8 Å². The SMILES string of the molecule is Cn1c(SCC(=O)N2CCC[C@H]2c2ccc3c(c2)OCCO3)nnc1-c1ccccc1. The Kier molecular flexibility index (Phi) is 5.55. The van der Waals surface area contributed by atoms with Gasteiger partial charge in [0.05, 0.1) is 11.8 Å². The quantitative estimate of drug-likeness (QED) is 0.568. The van der Waals surface area contributed by atoms with Crippen LogP contribution in [-0.2, 0) is 11.8 Å². The molecule has 0 radical (unpaired) electrons. The van der Waals surface area contributed by atoms with E-state index in [1.165, 1.54) is 11.8 Å². The molecule has 31 heavy (non-hydrogen) atoms. The number of rotatable bonds is 5. The zero-order valence-electron chi connectivity index (χ0n) is 17.4. The van der Waals surface area contributed by atoms with E-state index in [0.717, 1.165) is 53.0 Å². The largest absolute Gasteiger partial charge is 0.486 e. The minimum atomic E-state index is 0.0725. The van der Waals surface area contributed by atoms with E-state index < -0.39 is 0 Å². The van der Waals surface area contributed by atoms with Crippen LogP contribution in [0.25, 0.3) is 11.4 Å². The average molecular weight is 437 g/mol. The monoisotopic (exact) mass is 436 g/mol. The Hall–Kier alpha value is -3.00. The molecule has 1 atom stereocenters. The molecule has 7 nitrogen and oxygen atoms in total. The Morgan fingerprint density at radius 3 is 2.74 bits per heavy atom. The molecule has 2 aromatic carbocycles. The standard InChI is InChI=1S/C23H24N4O3S/c1-26-22(16-6-3-2-4-7-16)24-25-23(26)31-15-21(28)27-11-5-8-18(27)17-9-10-19-20(14-17)30-13-12-29-19/h2-4,6-7,9-10,14,18H,5,8,11-13,15H2,1H3/t18-/m0/s1. The van der Waals surface area contributed by atoms with Crippen molar-refractivity contribution in [3.63, 3.8) is 0 Å². The van der Waals surface area contributed by atoms with Crippen molar-refractivity contribution in [2.24, 2.45) is 7.05 Å². The molecule has 0 saturated carbocycles. The van der Waals surface area contributed by atoms with Crippen molar-refractivity contribution in [2.75, 3.05) is 25.5 Å². The van der Waals surface area contributed by atoms with Gasteiger partial charge in [-0.05, 0) is 30.5 Å². The predicted molar refractivity (Wildman–Crippen MR) is 118 cm³/mol. The average Bonchev–Trinajstić information content (AvgIpc) is 3.45. The first-order valence-corrected chi connectivity index (χ1v) is 11.5. The summed E-state index contributed by atoms with van der Waals surface area (Å²) < 4.78 is 13.3. The van der Waals surface area contributed by atoms with Crippen LogP contribution in [0.2, 0.25) is 0 Å². The highest BCUT2D eigenvalue weighted by atomic mass is 32.2. The van der Waals surface area contributed by atoms with Crippen LogP contribution in [-0.4, -0.2) is 51.1 Å². The molecule has 1 fully saturated rings. The summed E-state index contributed by atoms with van der Waals surface area (Å²) in [6, 6.07) is 16.0. The van der Waals surface area contributed by atoms with Crippen LogP contribution in [0.1, 0.15) is 24.4 Å². The van der Waals surface area contributed by atoms with Gasteiger partial charge in [-0.15, -0.1) is 10.2 Å². The van der Waals surface area contributed by atoms with Gasteiger partial charge in [0.25, 0.3) is 0 Å². The Morgan fingerprint density at radius 1 is 1.10 bits per heavy atom. The molecule has 1 aromatic heterocycles. The van der Waals surface area contributed by atoms with Gasteiger partial charge in [0.15, 0.2) is 22.5 Å². The molecule has 3 heterocycles. The molecule has 3 aromatic rings. The first-order valence-electron chi connectivity index (χ1n) is 10.5. The molecule has 0 N–H and O–H groups in total. The summed E-state index contributed by atoms with van der Waals surface area (Å²) >= 11 is 1.43. The molecule has 1 amide bonds. The minimum absolute atomic E-state index is 0.0725. The van der Waals surface area contributed by atoms with Crippen LogP contribution < -0.4 is 9.47 Å². The number of hydrogen-bond acceptors (Lipinski definition) is 6. The third-order valence-corrected chi connectivity index (χ3v) is 6.72. The number of nitrogens with zero attached hydrogens (tertiary/aromatic N) is 4. The third-order valence-electron chi connectivity index (χ3n) is 5.72. The zero-order valence-corrected chi connectivity index (χ0v) is 18.2. The van der Waals surface area contributed by atoms with Gasteiger partial charge in [-0.3, -0.25) is 4.79 Å². The Labute approximate surface area is 185 Å². The summed E-state index contributed by atoms with van der Waals surface area (Å²) in [6.07, 6.45) is 1.95. The molecule has 0 aliphatic carbocycles. The summed E-state index contributed by atoms with van der Waals surface area (Å²) in [7, 11) is 1.93. The lowest BCUT2D eigenvalue weighted by Gasteiger charge is -2.26. The number of hydrogen-bond donors (Lipinski definition) is 0. The second kappa shape index (κ2) is 8.63. The van der Waals surface area contributed by atoms with Crippen molar-refractivity contribution in [1.82, 2.24) is 19.7 Å². The number of carbonyl (C=O) groups excluding carboxylic acids is 1. The maximum Gasteiger partial charge on any atom is 0.233 e. The Bertz CT molecular complexity index is 1090. The first-order chi connectivity index (χ1) is 15.2. The maximum atomic E-state index is 13.1. The number of amides is 1. The van der Waals surface area contributed by atoms with Crippen molar-refractivity contribution in [1.29, 1.82) is 0 Å². The fourth-order valence-electron chi connectivity index (χ4n) is 4.17. The van der Waals surface area contributed by atoms with Crippen LogP contribution in [0.4, 0.5) is 0 Å². The van der Waals surface area contributed by atoms with Gasteiger partial charge in [-0.25, -0.2) is 0 Å². The van der Waals surface area contributed by atoms with Crippen LogP contribution in [0, 0.1) is 0 Å². The number of benzene rings is 2. The molecule has 0 spiro atoms. The van der Waals surface area contributed by atoms with E-state index in [2.05, 4.69) is 10.2 Å². The number of carbonyl (C=O) groups is 1. The highest BCUT2D eigenvalue weighted by Gasteiger charge is 2.31. The molecule has 8 heteroatoms. The molecule has 0 bridgehead atoms. The second-order valence-electron chi connectivity index (χ2n) is 7.67. The van der Waals surface area contributed by atoms with Gasteiger partial charge in [-0.2, -0.15) is 0 Å². The van der Waals surface area contributed by atoms with Gasteiger partial charge in [-0.1, -0.05) is 48.2 Å². The van der Waals surface area contributed by atoms with Crippen LogP contribution in [0.3, 0.4) is 0 Å². The molecule has 160 valence electrons. The van der Waals surface area contributed by atoms with Crippen molar-refractivity contribution in [3.05, 3.63) is 54.1 Å². The smallest absolute Gasteiger partial charge is 0.233 e. The topological polar surface area (TPSA) is 69.5 Å². The van der Waals surface area contributed by atoms with Crippen molar-refractivity contribution < 1.29 is 14.3 Å². The molecular weight excluding hydrogens is 412 g/mol. The van der Waals surface area contributed by atoms with Crippen molar-refractivity contribution in [3.8, 4) is 22.9 Å². The van der Waals surface area contributed by atoms with E-state index in [-0.39, 0.29) is 11.9 Å². The van der Waals surface area contributed by atoms with E-state index in [1.807, 2.05) is 65.0 Å². The van der Waals surface area contributed by atoms with E-state index >= 15 is 0 Å². The maximum absolute atomic E-state index is 13.1. The summed E-state index contributed by atoms with van der Waals surface area (Å²) in [4.78, 5) is 15.0. The van der Waals surface area contributed by atoms with Gasteiger partial charge >= 0.3 is 0 Å².